The van der Waals surface area contributed by atoms with Crippen LogP contribution >= 0.6 is 11.8 Å². The average Bonchev–Trinajstić information content (AvgIpc) is 2.81. The molecule has 5 nitrogen and oxygen atoms in total. The van der Waals surface area contributed by atoms with Crippen LogP contribution in [0.15, 0.2) is 11.6 Å². The molecular formula is C14H22N2O3S. The zero-order chi connectivity index (χ0) is 14.6. The van der Waals surface area contributed by atoms with Crippen LogP contribution in [0.5, 0.6) is 0 Å². The topological polar surface area (TPSA) is 92.4 Å². The SMILES string of the molecule is NC(=O)CCCC=C1CCC2(CC1)NC(C(=O)O)CS2. The largest absolute Gasteiger partial charge is 0.480 e. The molecule has 0 radical (unpaired) electrons. The van der Waals surface area contributed by atoms with Gasteiger partial charge in [0.05, 0.1) is 4.87 Å². The average molecular weight is 298 g/mol. The third kappa shape index (κ3) is 3.99. The van der Waals surface area contributed by atoms with Gasteiger partial charge >= 0.3 is 5.97 Å². The van der Waals surface area contributed by atoms with Crippen molar-refractivity contribution in [1.29, 1.82) is 0 Å². The molecule has 6 heteroatoms. The normalized spacial score (nSPS) is 29.6. The Morgan fingerprint density at radius 1 is 1.45 bits per heavy atom. The third-order valence-corrected chi connectivity index (χ3v) is 5.60. The van der Waals surface area contributed by atoms with Crippen molar-refractivity contribution in [3.63, 3.8) is 0 Å². The highest BCUT2D eigenvalue weighted by molar-refractivity contribution is 8.00. The van der Waals surface area contributed by atoms with Crippen LogP contribution in [-0.2, 0) is 9.59 Å². The maximum absolute atomic E-state index is 11.0. The number of nitrogens with one attached hydrogen (secondary N) is 1. The van der Waals surface area contributed by atoms with E-state index in [0.717, 1.165) is 38.5 Å². The minimum atomic E-state index is -0.748. The molecule has 2 aliphatic rings. The number of rotatable bonds is 5. The summed E-state index contributed by atoms with van der Waals surface area (Å²) in [6.07, 6.45) is 8.41. The van der Waals surface area contributed by atoms with Crippen LogP contribution in [0.3, 0.4) is 0 Å². The zero-order valence-electron chi connectivity index (χ0n) is 11.6. The van der Waals surface area contributed by atoms with Crippen LogP contribution < -0.4 is 11.1 Å². The van der Waals surface area contributed by atoms with Crippen molar-refractivity contribution in [3.05, 3.63) is 11.6 Å². The van der Waals surface area contributed by atoms with Crippen molar-refractivity contribution < 1.29 is 14.7 Å². The van der Waals surface area contributed by atoms with Crippen LogP contribution in [0.2, 0.25) is 0 Å². The first-order valence-corrected chi connectivity index (χ1v) is 8.10. The Labute approximate surface area is 123 Å². The lowest BCUT2D eigenvalue weighted by Gasteiger charge is -2.34. The number of hydrogen-bond donors (Lipinski definition) is 3. The molecule has 0 aromatic heterocycles. The molecule has 1 saturated heterocycles. The van der Waals surface area contributed by atoms with Crippen molar-refractivity contribution in [3.8, 4) is 0 Å². The molecule has 1 saturated carbocycles. The predicted octanol–water partition coefficient (Wildman–Crippen LogP) is 1.63. The van der Waals surface area contributed by atoms with Crippen molar-refractivity contribution in [2.24, 2.45) is 5.73 Å². The number of carboxylic acids is 1. The summed E-state index contributed by atoms with van der Waals surface area (Å²) in [5, 5.41) is 12.3. The van der Waals surface area contributed by atoms with E-state index in [2.05, 4.69) is 11.4 Å². The van der Waals surface area contributed by atoms with Crippen LogP contribution in [0.25, 0.3) is 0 Å². The molecule has 2 rings (SSSR count). The van der Waals surface area contributed by atoms with E-state index in [0.29, 0.717) is 12.2 Å². The van der Waals surface area contributed by atoms with Gasteiger partial charge in [0.1, 0.15) is 6.04 Å². The van der Waals surface area contributed by atoms with Crippen molar-refractivity contribution in [2.75, 3.05) is 5.75 Å². The van der Waals surface area contributed by atoms with Gasteiger partial charge in [-0.1, -0.05) is 11.6 Å². The van der Waals surface area contributed by atoms with Gasteiger partial charge in [-0.3, -0.25) is 14.9 Å². The van der Waals surface area contributed by atoms with Gasteiger partial charge in [0, 0.05) is 12.2 Å². The maximum atomic E-state index is 11.0. The summed E-state index contributed by atoms with van der Waals surface area (Å²) in [6, 6.07) is -0.402. The number of nitrogens with two attached hydrogens (primary N) is 1. The molecule has 1 aliphatic carbocycles. The lowest BCUT2D eigenvalue weighted by atomic mass is 9.89. The summed E-state index contributed by atoms with van der Waals surface area (Å²) in [5.74, 6) is -0.327. The Balaban J connectivity index is 1.76. The van der Waals surface area contributed by atoms with Crippen LogP contribution in [0, 0.1) is 0 Å². The fraction of sp³-hybridized carbons (Fsp3) is 0.714. The van der Waals surface area contributed by atoms with E-state index in [1.54, 1.807) is 11.8 Å². The second kappa shape index (κ2) is 6.63. The molecule has 0 aromatic carbocycles. The van der Waals surface area contributed by atoms with Gasteiger partial charge < -0.3 is 10.8 Å². The standard InChI is InChI=1S/C14H22N2O3S/c15-12(17)4-2-1-3-10-5-7-14(8-6-10)16-11(9-20-14)13(18)19/h3,11,16H,1-2,4-9H2,(H2,15,17)(H,18,19). The van der Waals surface area contributed by atoms with E-state index in [1.165, 1.54) is 5.57 Å². The quantitative estimate of drug-likeness (QED) is 0.530. The van der Waals surface area contributed by atoms with Gasteiger partial charge in [-0.2, -0.15) is 0 Å². The number of hydrogen-bond acceptors (Lipinski definition) is 4. The Morgan fingerprint density at radius 2 is 2.15 bits per heavy atom. The molecule has 1 unspecified atom stereocenters. The monoisotopic (exact) mass is 298 g/mol. The molecule has 1 heterocycles. The van der Waals surface area contributed by atoms with Crippen LogP contribution in [-0.4, -0.2) is 33.6 Å². The molecule has 20 heavy (non-hydrogen) atoms. The number of thioether (sulfide) groups is 1. The van der Waals surface area contributed by atoms with Crippen molar-refractivity contribution in [2.45, 2.75) is 55.9 Å². The summed E-state index contributed by atoms with van der Waals surface area (Å²) in [7, 11) is 0. The highest BCUT2D eigenvalue weighted by Gasteiger charge is 2.43. The second-order valence-electron chi connectivity index (χ2n) is 5.56. The molecule has 0 aromatic rings. The summed E-state index contributed by atoms with van der Waals surface area (Å²) in [6.45, 7) is 0. The molecule has 1 amide bonds. The van der Waals surface area contributed by atoms with Gasteiger partial charge in [0.25, 0.3) is 0 Å². The summed E-state index contributed by atoms with van der Waals surface area (Å²) in [5.41, 5.74) is 6.54. The molecule has 2 fully saturated rings. The predicted molar refractivity (Wildman–Crippen MR) is 79.3 cm³/mol. The highest BCUT2D eigenvalue weighted by atomic mass is 32.2. The third-order valence-electron chi connectivity index (χ3n) is 4.02. The minimum absolute atomic E-state index is 0.0341. The van der Waals surface area contributed by atoms with E-state index in [-0.39, 0.29) is 10.8 Å². The molecule has 4 N–H and O–H groups in total. The summed E-state index contributed by atoms with van der Waals surface area (Å²) >= 11 is 1.76. The van der Waals surface area contributed by atoms with Crippen molar-refractivity contribution in [1.82, 2.24) is 5.32 Å². The smallest absolute Gasteiger partial charge is 0.321 e. The molecule has 0 bridgehead atoms. The summed E-state index contributed by atoms with van der Waals surface area (Å²) in [4.78, 5) is 21.6. The lowest BCUT2D eigenvalue weighted by molar-refractivity contribution is -0.139. The van der Waals surface area contributed by atoms with Crippen LogP contribution in [0.1, 0.15) is 44.9 Å². The van der Waals surface area contributed by atoms with Gasteiger partial charge in [0.2, 0.25) is 5.91 Å². The summed E-state index contributed by atoms with van der Waals surface area (Å²) < 4.78 is 0. The van der Waals surface area contributed by atoms with E-state index in [9.17, 15) is 9.59 Å². The first kappa shape index (κ1) is 15.4. The minimum Gasteiger partial charge on any atom is -0.480 e. The Morgan fingerprint density at radius 3 is 2.70 bits per heavy atom. The Bertz CT molecular complexity index is 413. The number of amides is 1. The molecule has 112 valence electrons. The number of aliphatic carboxylic acids is 1. The number of carbonyl (C=O) groups is 2. The van der Waals surface area contributed by atoms with Gasteiger partial charge in [0.15, 0.2) is 0 Å². The number of carbonyl (C=O) groups excluding carboxylic acids is 1. The molecule has 1 aliphatic heterocycles. The number of carboxylic acid groups (broad SMARTS) is 1. The van der Waals surface area contributed by atoms with Gasteiger partial charge in [-0.15, -0.1) is 11.8 Å². The maximum Gasteiger partial charge on any atom is 0.321 e. The van der Waals surface area contributed by atoms with E-state index >= 15 is 0 Å². The Kier molecular flexibility index (Phi) is 5.10. The first-order chi connectivity index (χ1) is 9.51. The van der Waals surface area contributed by atoms with Crippen LogP contribution in [0.4, 0.5) is 0 Å². The van der Waals surface area contributed by atoms with E-state index in [4.69, 9.17) is 10.8 Å². The number of unbranched alkanes of at least 4 members (excludes halogenated alkanes) is 1. The van der Waals surface area contributed by atoms with E-state index < -0.39 is 12.0 Å². The zero-order valence-corrected chi connectivity index (χ0v) is 12.4. The molecule has 1 atom stereocenters. The first-order valence-electron chi connectivity index (χ1n) is 7.11. The number of primary amides is 1. The molecular weight excluding hydrogens is 276 g/mol. The second-order valence-corrected chi connectivity index (χ2v) is 6.96. The van der Waals surface area contributed by atoms with Crippen molar-refractivity contribution >= 4 is 23.6 Å². The van der Waals surface area contributed by atoms with Gasteiger partial charge in [-0.05, 0) is 38.5 Å². The fourth-order valence-corrected chi connectivity index (χ4v) is 4.26. The molecule has 1 spiro atoms. The lowest BCUT2D eigenvalue weighted by Crippen LogP contribution is -2.46. The Hall–Kier alpha value is -1.01. The highest BCUT2D eigenvalue weighted by Crippen LogP contribution is 2.43. The number of allylic oxidation sites excluding steroid dienone is 2. The van der Waals surface area contributed by atoms with Gasteiger partial charge in [-0.25, -0.2) is 0 Å². The van der Waals surface area contributed by atoms with E-state index in [1.807, 2.05) is 0 Å². The fourth-order valence-electron chi connectivity index (χ4n) is 2.83.